The van der Waals surface area contributed by atoms with Gasteiger partial charge in [0.2, 0.25) is 5.91 Å². The Kier molecular flexibility index (Phi) is 5.36. The van der Waals surface area contributed by atoms with Crippen molar-refractivity contribution in [2.45, 2.75) is 19.8 Å². The molecule has 25 heavy (non-hydrogen) atoms. The molecule has 0 fully saturated rings. The molecule has 0 saturated carbocycles. The quantitative estimate of drug-likeness (QED) is 0.654. The van der Waals surface area contributed by atoms with Gasteiger partial charge in [-0.3, -0.25) is 9.59 Å². The van der Waals surface area contributed by atoms with E-state index in [1.165, 1.54) is 11.3 Å². The Labute approximate surface area is 150 Å². The molecule has 5 heteroatoms. The molecule has 2 aromatic carbocycles. The van der Waals surface area contributed by atoms with Crippen molar-refractivity contribution >= 4 is 28.2 Å². The molecule has 0 radical (unpaired) electrons. The Hall–Kier alpha value is -2.79. The Morgan fingerprint density at radius 3 is 2.44 bits per heavy atom. The van der Waals surface area contributed by atoms with Crippen LogP contribution in [-0.2, 0) is 4.79 Å². The Morgan fingerprint density at radius 1 is 1.00 bits per heavy atom. The van der Waals surface area contributed by atoms with Crippen LogP contribution in [0, 0.1) is 6.92 Å². The number of hydrogen-bond donors (Lipinski definition) is 1. The van der Waals surface area contributed by atoms with Gasteiger partial charge in [0.25, 0.3) is 0 Å². The first-order valence-corrected chi connectivity index (χ1v) is 8.90. The fourth-order valence-electron chi connectivity index (χ4n) is 2.37. The number of nitrogens with zero attached hydrogens (tertiary/aromatic N) is 1. The van der Waals surface area contributed by atoms with Crippen LogP contribution in [0.25, 0.3) is 11.3 Å². The van der Waals surface area contributed by atoms with Crippen LogP contribution in [0.15, 0.2) is 60.0 Å². The molecule has 0 saturated heterocycles. The maximum atomic E-state index is 12.1. The van der Waals surface area contributed by atoms with Crippen molar-refractivity contribution in [3.8, 4) is 11.3 Å². The molecular formula is C20H18N2O2S. The van der Waals surface area contributed by atoms with Crippen LogP contribution in [-0.4, -0.2) is 16.7 Å². The Bertz CT molecular complexity index is 870. The van der Waals surface area contributed by atoms with Crippen molar-refractivity contribution in [2.75, 3.05) is 5.32 Å². The van der Waals surface area contributed by atoms with Crippen molar-refractivity contribution in [2.24, 2.45) is 0 Å². The summed E-state index contributed by atoms with van der Waals surface area (Å²) in [5, 5.41) is 5.22. The van der Waals surface area contributed by atoms with Gasteiger partial charge in [0.15, 0.2) is 10.9 Å². The van der Waals surface area contributed by atoms with E-state index < -0.39 is 0 Å². The number of rotatable bonds is 6. The number of anilines is 1. The number of nitrogens with one attached hydrogen (secondary N) is 1. The van der Waals surface area contributed by atoms with Crippen LogP contribution in [0.5, 0.6) is 0 Å². The van der Waals surface area contributed by atoms with Crippen molar-refractivity contribution in [1.29, 1.82) is 0 Å². The number of amides is 1. The van der Waals surface area contributed by atoms with E-state index >= 15 is 0 Å². The number of ketones is 1. The number of Topliss-reactive ketones (excluding diaryl/α,β-unsaturated/α-hetero) is 1. The summed E-state index contributed by atoms with van der Waals surface area (Å²) in [6.07, 6.45) is 0.332. The second-order valence-electron chi connectivity index (χ2n) is 5.74. The van der Waals surface area contributed by atoms with Crippen LogP contribution >= 0.6 is 11.3 Å². The van der Waals surface area contributed by atoms with Gasteiger partial charge in [-0.25, -0.2) is 4.98 Å². The van der Waals surface area contributed by atoms with E-state index in [0.717, 1.165) is 16.8 Å². The summed E-state index contributed by atoms with van der Waals surface area (Å²) < 4.78 is 0. The first kappa shape index (κ1) is 17.0. The van der Waals surface area contributed by atoms with Gasteiger partial charge in [-0.05, 0) is 6.92 Å². The fourth-order valence-corrected chi connectivity index (χ4v) is 3.10. The molecule has 0 unspecified atom stereocenters. The van der Waals surface area contributed by atoms with Gasteiger partial charge in [0.1, 0.15) is 0 Å². The molecule has 1 amide bonds. The van der Waals surface area contributed by atoms with E-state index in [4.69, 9.17) is 0 Å². The molecule has 4 nitrogen and oxygen atoms in total. The van der Waals surface area contributed by atoms with E-state index in [0.29, 0.717) is 10.7 Å². The van der Waals surface area contributed by atoms with E-state index in [1.807, 2.05) is 54.8 Å². The molecule has 1 N–H and O–H groups in total. The third-order valence-electron chi connectivity index (χ3n) is 3.77. The Balaban J connectivity index is 1.54. The van der Waals surface area contributed by atoms with Crippen molar-refractivity contribution in [1.82, 2.24) is 4.98 Å². The second kappa shape index (κ2) is 7.85. The summed E-state index contributed by atoms with van der Waals surface area (Å²) in [6, 6.07) is 17.2. The summed E-state index contributed by atoms with van der Waals surface area (Å²) >= 11 is 1.38. The monoisotopic (exact) mass is 350 g/mol. The standard InChI is InChI=1S/C20H18N2O2S/c1-14-7-9-16(10-8-14)18(23)11-12-19(24)22-20-21-17(13-25-20)15-5-3-2-4-6-15/h2-10,13H,11-12H2,1H3,(H,21,22,24). The molecule has 0 bridgehead atoms. The number of aromatic nitrogens is 1. The average molecular weight is 350 g/mol. The lowest BCUT2D eigenvalue weighted by molar-refractivity contribution is -0.116. The van der Waals surface area contributed by atoms with Crippen LogP contribution in [0.2, 0.25) is 0 Å². The molecule has 3 aromatic rings. The first-order valence-electron chi connectivity index (χ1n) is 8.02. The van der Waals surface area contributed by atoms with Crippen LogP contribution in [0.4, 0.5) is 5.13 Å². The lowest BCUT2D eigenvalue weighted by atomic mass is 10.1. The third kappa shape index (κ3) is 4.61. The minimum atomic E-state index is -0.200. The van der Waals surface area contributed by atoms with E-state index in [-0.39, 0.29) is 24.5 Å². The predicted octanol–water partition coefficient (Wildman–Crippen LogP) is 4.72. The summed E-state index contributed by atoms with van der Waals surface area (Å²) in [5.74, 6) is -0.228. The highest BCUT2D eigenvalue weighted by Gasteiger charge is 2.11. The summed E-state index contributed by atoms with van der Waals surface area (Å²) in [4.78, 5) is 28.6. The lowest BCUT2D eigenvalue weighted by Gasteiger charge is -2.03. The third-order valence-corrected chi connectivity index (χ3v) is 4.53. The molecule has 0 aliphatic heterocycles. The largest absolute Gasteiger partial charge is 0.302 e. The zero-order valence-corrected chi connectivity index (χ0v) is 14.7. The molecule has 3 rings (SSSR count). The zero-order chi connectivity index (χ0) is 17.6. The van der Waals surface area contributed by atoms with Crippen molar-refractivity contribution < 1.29 is 9.59 Å². The number of hydrogen-bond acceptors (Lipinski definition) is 4. The SMILES string of the molecule is Cc1ccc(C(=O)CCC(=O)Nc2nc(-c3ccccc3)cs2)cc1. The molecule has 0 atom stereocenters. The minimum Gasteiger partial charge on any atom is -0.302 e. The molecule has 0 spiro atoms. The van der Waals surface area contributed by atoms with Gasteiger partial charge in [-0.1, -0.05) is 60.2 Å². The molecular weight excluding hydrogens is 332 g/mol. The van der Waals surface area contributed by atoms with Gasteiger partial charge in [-0.2, -0.15) is 0 Å². The van der Waals surface area contributed by atoms with Gasteiger partial charge in [0, 0.05) is 29.3 Å². The van der Waals surface area contributed by atoms with Crippen LogP contribution in [0.3, 0.4) is 0 Å². The predicted molar refractivity (Wildman–Crippen MR) is 101 cm³/mol. The van der Waals surface area contributed by atoms with Crippen molar-refractivity contribution in [3.63, 3.8) is 0 Å². The van der Waals surface area contributed by atoms with Crippen molar-refractivity contribution in [3.05, 3.63) is 71.1 Å². The normalized spacial score (nSPS) is 10.4. The summed E-state index contributed by atoms with van der Waals surface area (Å²) in [6.45, 7) is 1.97. The fraction of sp³-hybridized carbons (Fsp3) is 0.150. The molecule has 1 aromatic heterocycles. The zero-order valence-electron chi connectivity index (χ0n) is 13.9. The number of aryl methyl sites for hydroxylation is 1. The lowest BCUT2D eigenvalue weighted by Crippen LogP contribution is -2.13. The second-order valence-corrected chi connectivity index (χ2v) is 6.60. The average Bonchev–Trinajstić information content (AvgIpc) is 3.09. The van der Waals surface area contributed by atoms with Crippen LogP contribution < -0.4 is 5.32 Å². The topological polar surface area (TPSA) is 59.1 Å². The number of benzene rings is 2. The number of carbonyl (C=O) groups excluding carboxylic acids is 2. The van der Waals surface area contributed by atoms with Gasteiger partial charge in [0.05, 0.1) is 5.69 Å². The minimum absolute atomic E-state index is 0.0285. The van der Waals surface area contributed by atoms with E-state index in [2.05, 4.69) is 10.3 Å². The highest BCUT2D eigenvalue weighted by Crippen LogP contribution is 2.24. The van der Waals surface area contributed by atoms with E-state index in [9.17, 15) is 9.59 Å². The smallest absolute Gasteiger partial charge is 0.226 e. The first-order chi connectivity index (χ1) is 12.1. The maximum absolute atomic E-state index is 12.1. The van der Waals surface area contributed by atoms with E-state index in [1.54, 1.807) is 12.1 Å². The van der Waals surface area contributed by atoms with Gasteiger partial charge in [-0.15, -0.1) is 11.3 Å². The number of carbonyl (C=O) groups is 2. The highest BCUT2D eigenvalue weighted by atomic mass is 32.1. The molecule has 126 valence electrons. The molecule has 1 heterocycles. The summed E-state index contributed by atoms with van der Waals surface area (Å²) in [5.41, 5.74) is 3.58. The highest BCUT2D eigenvalue weighted by molar-refractivity contribution is 7.14. The molecule has 0 aliphatic rings. The molecule has 0 aliphatic carbocycles. The van der Waals surface area contributed by atoms with Crippen LogP contribution in [0.1, 0.15) is 28.8 Å². The maximum Gasteiger partial charge on any atom is 0.226 e. The van der Waals surface area contributed by atoms with Gasteiger partial charge < -0.3 is 5.32 Å². The summed E-state index contributed by atoms with van der Waals surface area (Å²) in [7, 11) is 0. The number of thiazole rings is 1. The Morgan fingerprint density at radius 2 is 1.72 bits per heavy atom. The van der Waals surface area contributed by atoms with Gasteiger partial charge >= 0.3 is 0 Å².